The fourth-order valence-electron chi connectivity index (χ4n) is 2.72. The standard InChI is InChI=1S/C19H19BrN2O4S/c1-19(2,3)22(18(23)24)17(15-10-9-13(12-21)11-16(15)20)27(25,26)14-7-5-4-6-8-14/h4-11,17H,1-3H3,(H,23,24). The lowest BCUT2D eigenvalue weighted by Gasteiger charge is -2.39. The molecule has 0 aliphatic rings. The van der Waals surface area contributed by atoms with Crippen molar-refractivity contribution in [2.75, 3.05) is 0 Å². The van der Waals surface area contributed by atoms with E-state index < -0.39 is 26.8 Å². The van der Waals surface area contributed by atoms with Gasteiger partial charge in [0.15, 0.2) is 5.37 Å². The van der Waals surface area contributed by atoms with Gasteiger partial charge in [-0.1, -0.05) is 40.2 Å². The number of carbonyl (C=O) groups is 1. The van der Waals surface area contributed by atoms with Crippen LogP contribution in [-0.2, 0) is 9.84 Å². The maximum absolute atomic E-state index is 13.4. The molecule has 8 heteroatoms. The second kappa shape index (κ2) is 7.71. The molecular weight excluding hydrogens is 432 g/mol. The zero-order valence-corrected chi connectivity index (χ0v) is 17.5. The zero-order chi connectivity index (χ0) is 20.4. The highest BCUT2D eigenvalue weighted by molar-refractivity contribution is 9.10. The summed E-state index contributed by atoms with van der Waals surface area (Å²) in [5, 5.41) is 17.4. The fourth-order valence-corrected chi connectivity index (χ4v) is 5.49. The molecule has 0 bridgehead atoms. The van der Waals surface area contributed by atoms with Crippen LogP contribution in [0.2, 0.25) is 0 Å². The third kappa shape index (κ3) is 4.31. The Morgan fingerprint density at radius 1 is 1.19 bits per heavy atom. The van der Waals surface area contributed by atoms with E-state index in [4.69, 9.17) is 5.26 Å². The Kier molecular flexibility index (Phi) is 5.97. The van der Waals surface area contributed by atoms with Gasteiger partial charge in [0.1, 0.15) is 0 Å². The molecule has 0 spiro atoms. The Labute approximate surface area is 167 Å². The van der Waals surface area contributed by atoms with E-state index in [9.17, 15) is 18.3 Å². The van der Waals surface area contributed by atoms with Crippen LogP contribution in [-0.4, -0.2) is 30.1 Å². The largest absolute Gasteiger partial charge is 0.465 e. The van der Waals surface area contributed by atoms with E-state index in [0.29, 0.717) is 10.0 Å². The second-order valence-corrected chi connectivity index (χ2v) is 9.74. The van der Waals surface area contributed by atoms with E-state index in [1.165, 1.54) is 30.3 Å². The van der Waals surface area contributed by atoms with Crippen LogP contribution in [0, 0.1) is 11.3 Å². The number of amides is 1. The van der Waals surface area contributed by atoms with Crippen molar-refractivity contribution < 1.29 is 18.3 Å². The van der Waals surface area contributed by atoms with Crippen molar-refractivity contribution in [3.63, 3.8) is 0 Å². The molecule has 0 aromatic heterocycles. The first-order valence-corrected chi connectivity index (χ1v) is 10.3. The van der Waals surface area contributed by atoms with Gasteiger partial charge in [-0.3, -0.25) is 4.90 Å². The lowest BCUT2D eigenvalue weighted by atomic mass is 10.0. The Morgan fingerprint density at radius 3 is 2.22 bits per heavy atom. The second-order valence-electron chi connectivity index (χ2n) is 6.88. The third-order valence-corrected chi connectivity index (χ3v) is 6.59. The predicted octanol–water partition coefficient (Wildman–Crippen LogP) is 4.57. The van der Waals surface area contributed by atoms with Crippen molar-refractivity contribution >= 4 is 31.9 Å². The number of carboxylic acid groups (broad SMARTS) is 1. The third-order valence-electron chi connectivity index (χ3n) is 3.92. The number of halogens is 1. The topological polar surface area (TPSA) is 98.5 Å². The molecule has 1 unspecified atom stereocenters. The van der Waals surface area contributed by atoms with Crippen LogP contribution >= 0.6 is 15.9 Å². The molecule has 0 aliphatic heterocycles. The van der Waals surface area contributed by atoms with Gasteiger partial charge in [-0.05, 0) is 45.0 Å². The first-order chi connectivity index (χ1) is 12.5. The molecule has 0 saturated carbocycles. The fraction of sp³-hybridized carbons (Fsp3) is 0.263. The van der Waals surface area contributed by atoms with Gasteiger partial charge in [-0.2, -0.15) is 5.26 Å². The minimum absolute atomic E-state index is 0.0155. The summed E-state index contributed by atoms with van der Waals surface area (Å²) in [6.45, 7) is 4.89. The molecule has 0 aliphatic carbocycles. The maximum Gasteiger partial charge on any atom is 0.409 e. The van der Waals surface area contributed by atoms with Crippen LogP contribution in [0.5, 0.6) is 0 Å². The van der Waals surface area contributed by atoms with Gasteiger partial charge in [0.2, 0.25) is 9.84 Å². The summed E-state index contributed by atoms with van der Waals surface area (Å²) in [5.41, 5.74) is -0.416. The molecule has 2 aromatic carbocycles. The number of benzene rings is 2. The number of rotatable bonds is 4. The summed E-state index contributed by atoms with van der Waals surface area (Å²) in [7, 11) is -4.09. The number of sulfone groups is 1. The van der Waals surface area contributed by atoms with Crippen LogP contribution < -0.4 is 0 Å². The Bertz CT molecular complexity index is 993. The molecule has 27 heavy (non-hydrogen) atoms. The van der Waals surface area contributed by atoms with E-state index >= 15 is 0 Å². The molecular formula is C19H19BrN2O4S. The highest BCUT2D eigenvalue weighted by Gasteiger charge is 2.43. The van der Waals surface area contributed by atoms with Gasteiger partial charge in [0, 0.05) is 15.6 Å². The van der Waals surface area contributed by atoms with Crippen LogP contribution in [0.4, 0.5) is 4.79 Å². The van der Waals surface area contributed by atoms with Gasteiger partial charge < -0.3 is 5.11 Å². The highest BCUT2D eigenvalue weighted by Crippen LogP contribution is 2.40. The number of nitrogens with zero attached hydrogens (tertiary/aromatic N) is 2. The van der Waals surface area contributed by atoms with Crippen LogP contribution in [0.25, 0.3) is 0 Å². The van der Waals surface area contributed by atoms with Crippen molar-refractivity contribution in [3.8, 4) is 6.07 Å². The summed E-state index contributed by atoms with van der Waals surface area (Å²) in [5.74, 6) is 0. The molecule has 1 atom stereocenters. The molecule has 2 aromatic rings. The van der Waals surface area contributed by atoms with E-state index in [2.05, 4.69) is 15.9 Å². The van der Waals surface area contributed by atoms with Gasteiger partial charge >= 0.3 is 6.09 Å². The molecule has 1 N–H and O–H groups in total. The molecule has 0 saturated heterocycles. The lowest BCUT2D eigenvalue weighted by Crippen LogP contribution is -2.49. The van der Waals surface area contributed by atoms with Gasteiger partial charge in [0.25, 0.3) is 0 Å². The molecule has 142 valence electrons. The number of nitriles is 1. The number of hydrogen-bond donors (Lipinski definition) is 1. The monoisotopic (exact) mass is 450 g/mol. The summed E-state index contributed by atoms with van der Waals surface area (Å²) >= 11 is 3.30. The Hall–Kier alpha value is -2.37. The molecule has 0 heterocycles. The first-order valence-electron chi connectivity index (χ1n) is 8.01. The van der Waals surface area contributed by atoms with E-state index in [1.54, 1.807) is 39.0 Å². The summed E-state index contributed by atoms with van der Waals surface area (Å²) in [6, 6.07) is 14.1. The molecule has 6 nitrogen and oxygen atoms in total. The van der Waals surface area contributed by atoms with Crippen LogP contribution in [0.1, 0.15) is 37.3 Å². The predicted molar refractivity (Wildman–Crippen MR) is 105 cm³/mol. The van der Waals surface area contributed by atoms with Crippen molar-refractivity contribution in [1.29, 1.82) is 5.26 Å². The van der Waals surface area contributed by atoms with Gasteiger partial charge in [0.05, 0.1) is 16.5 Å². The molecule has 2 rings (SSSR count). The van der Waals surface area contributed by atoms with E-state index in [0.717, 1.165) is 4.90 Å². The van der Waals surface area contributed by atoms with Gasteiger partial charge in [-0.15, -0.1) is 0 Å². The average Bonchev–Trinajstić information content (AvgIpc) is 2.59. The SMILES string of the molecule is CC(C)(C)N(C(=O)O)C(c1ccc(C#N)cc1Br)S(=O)(=O)c1ccccc1. The summed E-state index contributed by atoms with van der Waals surface area (Å²) in [6.07, 6.45) is -1.36. The molecule has 1 amide bonds. The maximum atomic E-state index is 13.4. The van der Waals surface area contributed by atoms with Crippen LogP contribution in [0.15, 0.2) is 57.9 Å². The van der Waals surface area contributed by atoms with Crippen molar-refractivity contribution in [1.82, 2.24) is 4.90 Å². The summed E-state index contributed by atoms with van der Waals surface area (Å²) < 4.78 is 27.2. The normalized spacial score (nSPS) is 12.9. The van der Waals surface area contributed by atoms with E-state index in [1.807, 2.05) is 6.07 Å². The number of hydrogen-bond acceptors (Lipinski definition) is 4. The zero-order valence-electron chi connectivity index (χ0n) is 15.0. The minimum atomic E-state index is -4.09. The van der Waals surface area contributed by atoms with Crippen LogP contribution in [0.3, 0.4) is 0 Å². The minimum Gasteiger partial charge on any atom is -0.465 e. The molecule has 0 fully saturated rings. The quantitative estimate of drug-likeness (QED) is 0.734. The lowest BCUT2D eigenvalue weighted by molar-refractivity contribution is 0.0902. The average molecular weight is 451 g/mol. The smallest absolute Gasteiger partial charge is 0.409 e. The molecule has 0 radical (unpaired) electrons. The Balaban J connectivity index is 2.81. The summed E-state index contributed by atoms with van der Waals surface area (Å²) in [4.78, 5) is 13.0. The van der Waals surface area contributed by atoms with Gasteiger partial charge in [-0.25, -0.2) is 13.2 Å². The first kappa shape index (κ1) is 20.9. The van der Waals surface area contributed by atoms with Crippen molar-refractivity contribution in [3.05, 3.63) is 64.1 Å². The highest BCUT2D eigenvalue weighted by atomic mass is 79.9. The Morgan fingerprint density at radius 2 is 1.78 bits per heavy atom. The van der Waals surface area contributed by atoms with Crippen molar-refractivity contribution in [2.24, 2.45) is 0 Å². The van der Waals surface area contributed by atoms with E-state index in [-0.39, 0.29) is 10.5 Å². The van der Waals surface area contributed by atoms with Crippen molar-refractivity contribution in [2.45, 2.75) is 36.6 Å².